The van der Waals surface area contributed by atoms with Gasteiger partial charge in [-0.25, -0.2) is 4.79 Å². The number of likely N-dealkylation sites (tertiary alicyclic amines) is 1. The van der Waals surface area contributed by atoms with Gasteiger partial charge in [-0.2, -0.15) is 0 Å². The summed E-state index contributed by atoms with van der Waals surface area (Å²) < 4.78 is 4.89. The van der Waals surface area contributed by atoms with E-state index in [9.17, 15) is 14.7 Å². The molecule has 1 N–H and O–H groups in total. The monoisotopic (exact) mass is 408 g/mol. The molecule has 0 radical (unpaired) electrons. The minimum Gasteiger partial charge on any atom is -0.452 e. The lowest BCUT2D eigenvalue weighted by atomic mass is 9.86. The minimum absolute atomic E-state index is 0.166. The molecule has 1 saturated heterocycles. The Bertz CT molecular complexity index is 894. The molecule has 0 spiro atoms. The van der Waals surface area contributed by atoms with Crippen LogP contribution in [0.15, 0.2) is 66.9 Å². The van der Waals surface area contributed by atoms with Gasteiger partial charge in [0.05, 0.1) is 24.8 Å². The Labute approximate surface area is 177 Å². The van der Waals surface area contributed by atoms with Crippen LogP contribution in [0.3, 0.4) is 0 Å². The zero-order chi connectivity index (χ0) is 21.3. The number of hydrogen-bond acceptors (Lipinski definition) is 4. The van der Waals surface area contributed by atoms with E-state index in [1.54, 1.807) is 23.3 Å². The summed E-state index contributed by atoms with van der Waals surface area (Å²) in [6, 6.07) is 9.13. The second kappa shape index (κ2) is 8.11. The quantitative estimate of drug-likeness (QED) is 0.776. The van der Waals surface area contributed by atoms with Crippen LogP contribution >= 0.6 is 0 Å². The second-order valence-electron chi connectivity index (χ2n) is 8.23. The highest BCUT2D eigenvalue weighted by atomic mass is 16.5. The first-order chi connectivity index (χ1) is 14.5. The van der Waals surface area contributed by atoms with E-state index in [2.05, 4.69) is 6.58 Å². The summed E-state index contributed by atoms with van der Waals surface area (Å²) in [7, 11) is 1.32. The molecule has 0 bridgehead atoms. The van der Waals surface area contributed by atoms with Crippen LogP contribution in [0.5, 0.6) is 0 Å². The molecule has 4 rings (SSSR count). The Morgan fingerprint density at radius 2 is 2.07 bits per heavy atom. The lowest BCUT2D eigenvalue weighted by molar-refractivity contribution is -0.133. The van der Waals surface area contributed by atoms with Crippen LogP contribution in [0.2, 0.25) is 0 Å². The molecule has 6 nitrogen and oxygen atoms in total. The van der Waals surface area contributed by atoms with E-state index >= 15 is 0 Å². The van der Waals surface area contributed by atoms with Crippen molar-refractivity contribution < 1.29 is 19.4 Å². The molecule has 30 heavy (non-hydrogen) atoms. The van der Waals surface area contributed by atoms with Crippen LogP contribution in [-0.4, -0.2) is 52.6 Å². The maximum absolute atomic E-state index is 13.5. The summed E-state index contributed by atoms with van der Waals surface area (Å²) >= 11 is 0. The average molecular weight is 408 g/mol. The number of fused-ring (bicyclic) bond motifs is 1. The van der Waals surface area contributed by atoms with Crippen LogP contribution in [0.1, 0.15) is 31.2 Å². The van der Waals surface area contributed by atoms with Crippen LogP contribution < -0.4 is 0 Å². The van der Waals surface area contributed by atoms with Gasteiger partial charge in [0.15, 0.2) is 0 Å². The fourth-order valence-corrected chi connectivity index (χ4v) is 5.17. The van der Waals surface area contributed by atoms with E-state index in [1.165, 1.54) is 12.0 Å². The molecule has 4 atom stereocenters. The predicted octanol–water partition coefficient (Wildman–Crippen LogP) is 3.35. The van der Waals surface area contributed by atoms with Crippen molar-refractivity contribution in [2.45, 2.75) is 43.4 Å². The maximum Gasteiger partial charge on any atom is 0.414 e. The van der Waals surface area contributed by atoms with E-state index in [0.29, 0.717) is 25.0 Å². The molecule has 1 saturated carbocycles. The van der Waals surface area contributed by atoms with Crippen molar-refractivity contribution in [2.75, 3.05) is 13.7 Å². The van der Waals surface area contributed by atoms with Crippen LogP contribution in [0.4, 0.5) is 4.79 Å². The SMILES string of the molecule is C=CCC1C=CC(C(=O)N2CC[C@H]3CC[C@](O)(c4ccccc4)[C@H]32)=CN1C(=O)OC. The first-order valence-corrected chi connectivity index (χ1v) is 10.5. The third-order valence-electron chi connectivity index (χ3n) is 6.62. The van der Waals surface area contributed by atoms with Crippen molar-refractivity contribution in [3.05, 3.63) is 72.5 Å². The fraction of sp³-hybridized carbons (Fsp3) is 0.417. The minimum atomic E-state index is -1.05. The van der Waals surface area contributed by atoms with E-state index < -0.39 is 11.7 Å². The summed E-state index contributed by atoms with van der Waals surface area (Å²) in [5, 5.41) is 11.6. The molecule has 1 aromatic rings. The molecule has 0 aromatic heterocycles. The van der Waals surface area contributed by atoms with E-state index in [1.807, 2.05) is 36.4 Å². The summed E-state index contributed by atoms with van der Waals surface area (Å²) in [6.45, 7) is 4.34. The van der Waals surface area contributed by atoms with Gasteiger partial charge in [-0.15, -0.1) is 6.58 Å². The van der Waals surface area contributed by atoms with E-state index in [4.69, 9.17) is 4.74 Å². The summed E-state index contributed by atoms with van der Waals surface area (Å²) in [5.74, 6) is 0.110. The molecular formula is C24H28N2O4. The molecule has 2 amide bonds. The number of aliphatic hydroxyl groups is 1. The van der Waals surface area contributed by atoms with Crippen LogP contribution in [-0.2, 0) is 15.1 Å². The topological polar surface area (TPSA) is 70.1 Å². The molecule has 158 valence electrons. The zero-order valence-electron chi connectivity index (χ0n) is 17.2. The molecule has 3 aliphatic rings. The maximum atomic E-state index is 13.5. The van der Waals surface area contributed by atoms with Gasteiger partial charge in [0.2, 0.25) is 0 Å². The highest BCUT2D eigenvalue weighted by Gasteiger charge is 2.55. The highest BCUT2D eigenvalue weighted by Crippen LogP contribution is 2.49. The van der Waals surface area contributed by atoms with E-state index in [0.717, 1.165) is 18.4 Å². The van der Waals surface area contributed by atoms with Crippen LogP contribution in [0, 0.1) is 5.92 Å². The van der Waals surface area contributed by atoms with Crippen molar-refractivity contribution in [3.8, 4) is 0 Å². The number of carbonyl (C=O) groups is 2. The highest BCUT2D eigenvalue weighted by molar-refractivity contribution is 5.97. The zero-order valence-corrected chi connectivity index (χ0v) is 17.2. The van der Waals surface area contributed by atoms with Crippen LogP contribution in [0.25, 0.3) is 0 Å². The normalized spacial score (nSPS) is 30.1. The number of methoxy groups -OCH3 is 1. The number of ether oxygens (including phenoxy) is 1. The Hall–Kier alpha value is -2.86. The Kier molecular flexibility index (Phi) is 5.52. The van der Waals surface area contributed by atoms with Gasteiger partial charge < -0.3 is 14.7 Å². The van der Waals surface area contributed by atoms with Crippen molar-refractivity contribution in [2.24, 2.45) is 5.92 Å². The van der Waals surface area contributed by atoms with Gasteiger partial charge in [-0.05, 0) is 43.2 Å². The molecular weight excluding hydrogens is 380 g/mol. The molecule has 1 aromatic carbocycles. The van der Waals surface area contributed by atoms with Gasteiger partial charge in [0.1, 0.15) is 5.60 Å². The van der Waals surface area contributed by atoms with Gasteiger partial charge in [-0.3, -0.25) is 9.69 Å². The van der Waals surface area contributed by atoms with E-state index in [-0.39, 0.29) is 23.9 Å². The lowest BCUT2D eigenvalue weighted by Gasteiger charge is -2.37. The number of rotatable bonds is 4. The Morgan fingerprint density at radius 3 is 2.77 bits per heavy atom. The average Bonchev–Trinajstić information content (AvgIpc) is 3.36. The van der Waals surface area contributed by atoms with Crippen molar-refractivity contribution in [1.29, 1.82) is 0 Å². The fourth-order valence-electron chi connectivity index (χ4n) is 5.17. The lowest BCUT2D eigenvalue weighted by Crippen LogP contribution is -2.49. The number of nitrogens with zero attached hydrogens (tertiary/aromatic N) is 2. The molecule has 1 aliphatic carbocycles. The predicted molar refractivity (Wildman–Crippen MR) is 113 cm³/mol. The molecule has 6 heteroatoms. The first kappa shape index (κ1) is 20.4. The van der Waals surface area contributed by atoms with Gasteiger partial charge >= 0.3 is 6.09 Å². The smallest absolute Gasteiger partial charge is 0.414 e. The third-order valence-corrected chi connectivity index (χ3v) is 6.62. The number of benzene rings is 1. The van der Waals surface area contributed by atoms with Gasteiger partial charge in [-0.1, -0.05) is 42.5 Å². The number of hydrogen-bond donors (Lipinski definition) is 1. The first-order valence-electron chi connectivity index (χ1n) is 10.5. The largest absolute Gasteiger partial charge is 0.452 e. The Morgan fingerprint density at radius 1 is 1.30 bits per heavy atom. The van der Waals surface area contributed by atoms with Crippen molar-refractivity contribution in [1.82, 2.24) is 9.80 Å². The standard InChI is InChI=1S/C24H28N2O4/c1-3-7-20-11-10-18(16-26(20)23(28)30-2)22(27)25-15-13-17-12-14-24(29,21(17)25)19-8-5-4-6-9-19/h3-6,8-11,16-17,20-21,29H,1,7,12-15H2,2H3/t17-,20?,21+,24+/m1/s1. The third kappa shape index (κ3) is 3.35. The summed E-state index contributed by atoms with van der Waals surface area (Å²) in [4.78, 5) is 28.9. The van der Waals surface area contributed by atoms with Gasteiger partial charge in [0.25, 0.3) is 5.91 Å². The molecule has 2 heterocycles. The molecule has 2 fully saturated rings. The Balaban J connectivity index is 1.62. The van der Waals surface area contributed by atoms with Gasteiger partial charge in [0, 0.05) is 12.7 Å². The van der Waals surface area contributed by atoms with Crippen molar-refractivity contribution >= 4 is 12.0 Å². The second-order valence-corrected chi connectivity index (χ2v) is 8.23. The summed E-state index contributed by atoms with van der Waals surface area (Å²) in [6.07, 6.45) is 9.34. The summed E-state index contributed by atoms with van der Waals surface area (Å²) in [5.41, 5.74) is 0.223. The molecule has 1 unspecified atom stereocenters. The van der Waals surface area contributed by atoms with Crippen molar-refractivity contribution in [3.63, 3.8) is 0 Å². The number of amides is 2. The molecule has 2 aliphatic heterocycles. The number of carbonyl (C=O) groups excluding carboxylic acids is 2.